The van der Waals surface area contributed by atoms with Crippen molar-refractivity contribution in [2.45, 2.75) is 51.3 Å². The van der Waals surface area contributed by atoms with Crippen LogP contribution in [0, 0.1) is 5.92 Å². The molecule has 1 aromatic rings. The molecule has 3 heterocycles. The maximum absolute atomic E-state index is 6.12. The van der Waals surface area contributed by atoms with Gasteiger partial charge in [-0.15, -0.1) is 0 Å². The van der Waals surface area contributed by atoms with Gasteiger partial charge in [-0.3, -0.25) is 0 Å². The number of pyridine rings is 1. The van der Waals surface area contributed by atoms with Gasteiger partial charge in [0.1, 0.15) is 6.10 Å². The smallest absolute Gasteiger partial charge is 0.213 e. The molecule has 2 aliphatic heterocycles. The van der Waals surface area contributed by atoms with Crippen LogP contribution in [0.15, 0.2) is 24.4 Å². The van der Waals surface area contributed by atoms with Crippen molar-refractivity contribution in [2.75, 3.05) is 32.8 Å². The van der Waals surface area contributed by atoms with Crippen molar-refractivity contribution in [2.24, 2.45) is 5.92 Å². The molecular formula is C19H31N3O2. The van der Waals surface area contributed by atoms with Gasteiger partial charge in [-0.05, 0) is 37.9 Å². The molecule has 2 fully saturated rings. The molecule has 0 amide bonds. The highest BCUT2D eigenvalue weighted by atomic mass is 16.5. The molecular weight excluding hydrogens is 302 g/mol. The van der Waals surface area contributed by atoms with Crippen molar-refractivity contribution in [3.63, 3.8) is 0 Å². The van der Waals surface area contributed by atoms with Crippen LogP contribution in [0.1, 0.15) is 33.1 Å². The number of nitrogens with one attached hydrogen (secondary N) is 1. The lowest BCUT2D eigenvalue weighted by atomic mass is 9.99. The second kappa shape index (κ2) is 8.79. The molecule has 0 spiro atoms. The Labute approximate surface area is 145 Å². The van der Waals surface area contributed by atoms with Crippen molar-refractivity contribution < 1.29 is 9.47 Å². The lowest BCUT2D eigenvalue weighted by Crippen LogP contribution is -2.55. The third kappa shape index (κ3) is 5.16. The van der Waals surface area contributed by atoms with Crippen molar-refractivity contribution in [3.05, 3.63) is 24.4 Å². The van der Waals surface area contributed by atoms with Crippen molar-refractivity contribution in [3.8, 4) is 5.88 Å². The largest absolute Gasteiger partial charge is 0.472 e. The third-order valence-corrected chi connectivity index (χ3v) is 4.86. The van der Waals surface area contributed by atoms with E-state index in [1.54, 1.807) is 6.20 Å². The van der Waals surface area contributed by atoms with Crippen LogP contribution in [0.5, 0.6) is 5.88 Å². The molecule has 24 heavy (non-hydrogen) atoms. The topological polar surface area (TPSA) is 46.6 Å². The fourth-order valence-electron chi connectivity index (χ4n) is 3.69. The fourth-order valence-corrected chi connectivity index (χ4v) is 3.69. The van der Waals surface area contributed by atoms with Gasteiger partial charge in [-0.2, -0.15) is 0 Å². The monoisotopic (exact) mass is 333 g/mol. The Kier molecular flexibility index (Phi) is 6.46. The summed E-state index contributed by atoms with van der Waals surface area (Å²) in [6, 6.07) is 6.63. The molecule has 1 N–H and O–H groups in total. The molecule has 0 aromatic carbocycles. The van der Waals surface area contributed by atoms with Crippen molar-refractivity contribution in [1.29, 1.82) is 0 Å². The minimum Gasteiger partial charge on any atom is -0.472 e. The summed E-state index contributed by atoms with van der Waals surface area (Å²) in [6.07, 6.45) is 5.25. The van der Waals surface area contributed by atoms with Gasteiger partial charge in [0.25, 0.3) is 0 Å². The first-order valence-corrected chi connectivity index (χ1v) is 9.34. The van der Waals surface area contributed by atoms with Gasteiger partial charge in [-0.1, -0.05) is 19.9 Å². The van der Waals surface area contributed by atoms with Crippen LogP contribution in [0.4, 0.5) is 0 Å². The number of nitrogens with zero attached hydrogens (tertiary/aromatic N) is 2. The molecule has 5 heteroatoms. The molecule has 0 radical (unpaired) electrons. The van der Waals surface area contributed by atoms with Gasteiger partial charge in [0.05, 0.1) is 19.3 Å². The standard InChI is InChI=1S/C19H31N3O2/c1-15(2)13-22-10-6-16(7-11-22)21-17-14-23-12-8-18(17)24-19-5-3-4-9-20-19/h3-5,9,15-18,21H,6-8,10-14H2,1-2H3/t17-,18-/m1/s1. The van der Waals surface area contributed by atoms with Gasteiger partial charge in [0, 0.05) is 31.3 Å². The van der Waals surface area contributed by atoms with Crippen molar-refractivity contribution >= 4 is 0 Å². The van der Waals surface area contributed by atoms with E-state index in [1.807, 2.05) is 18.2 Å². The summed E-state index contributed by atoms with van der Waals surface area (Å²) >= 11 is 0. The van der Waals surface area contributed by atoms with Crippen LogP contribution >= 0.6 is 0 Å². The predicted molar refractivity (Wildman–Crippen MR) is 95.3 cm³/mol. The third-order valence-electron chi connectivity index (χ3n) is 4.86. The molecule has 2 aliphatic rings. The highest BCUT2D eigenvalue weighted by Gasteiger charge is 2.31. The number of hydrogen-bond acceptors (Lipinski definition) is 5. The Morgan fingerprint density at radius 3 is 2.83 bits per heavy atom. The average molecular weight is 333 g/mol. The number of hydrogen-bond donors (Lipinski definition) is 1. The number of rotatable bonds is 6. The van der Waals surface area contributed by atoms with Gasteiger partial charge in [0.15, 0.2) is 0 Å². The summed E-state index contributed by atoms with van der Waals surface area (Å²) in [6.45, 7) is 9.67. The fraction of sp³-hybridized carbons (Fsp3) is 0.737. The van der Waals surface area contributed by atoms with E-state index in [2.05, 4.69) is 29.0 Å². The lowest BCUT2D eigenvalue weighted by Gasteiger charge is -2.38. The molecule has 2 atom stereocenters. The van der Waals surface area contributed by atoms with Crippen LogP contribution in [0.25, 0.3) is 0 Å². The zero-order chi connectivity index (χ0) is 16.8. The van der Waals surface area contributed by atoms with E-state index in [0.29, 0.717) is 11.9 Å². The van der Waals surface area contributed by atoms with Crippen LogP contribution in [0.2, 0.25) is 0 Å². The van der Waals surface area contributed by atoms with Crippen LogP contribution in [-0.4, -0.2) is 60.9 Å². The minimum absolute atomic E-state index is 0.141. The molecule has 0 bridgehead atoms. The molecule has 0 unspecified atom stereocenters. The maximum atomic E-state index is 6.12. The van der Waals surface area contributed by atoms with E-state index in [9.17, 15) is 0 Å². The molecule has 0 aliphatic carbocycles. The summed E-state index contributed by atoms with van der Waals surface area (Å²) in [5, 5.41) is 3.80. The number of piperidine rings is 1. The Morgan fingerprint density at radius 1 is 1.29 bits per heavy atom. The van der Waals surface area contributed by atoms with Gasteiger partial charge >= 0.3 is 0 Å². The van der Waals surface area contributed by atoms with Crippen LogP contribution in [-0.2, 0) is 4.74 Å². The first kappa shape index (κ1) is 17.6. The Morgan fingerprint density at radius 2 is 2.12 bits per heavy atom. The zero-order valence-corrected chi connectivity index (χ0v) is 15.0. The Bertz CT molecular complexity index is 475. The van der Waals surface area contributed by atoms with Crippen LogP contribution in [0.3, 0.4) is 0 Å². The van der Waals surface area contributed by atoms with Gasteiger partial charge in [0.2, 0.25) is 5.88 Å². The summed E-state index contributed by atoms with van der Waals surface area (Å²) in [4.78, 5) is 6.88. The van der Waals surface area contributed by atoms with E-state index in [1.165, 1.54) is 32.5 Å². The quantitative estimate of drug-likeness (QED) is 0.866. The Hall–Kier alpha value is -1.17. The number of ether oxygens (including phenoxy) is 2. The van der Waals surface area contributed by atoms with Crippen molar-refractivity contribution in [1.82, 2.24) is 15.2 Å². The second-order valence-corrected chi connectivity index (χ2v) is 7.43. The van der Waals surface area contributed by atoms with E-state index < -0.39 is 0 Å². The van der Waals surface area contributed by atoms with E-state index in [0.717, 1.165) is 25.6 Å². The van der Waals surface area contributed by atoms with Crippen LogP contribution < -0.4 is 10.1 Å². The maximum Gasteiger partial charge on any atom is 0.213 e. The molecule has 0 saturated carbocycles. The SMILES string of the molecule is CC(C)CN1CCC(N[C@@H]2COCC[C@H]2Oc2ccccn2)CC1. The Balaban J connectivity index is 1.49. The minimum atomic E-state index is 0.141. The summed E-state index contributed by atoms with van der Waals surface area (Å²) in [5.41, 5.74) is 0. The second-order valence-electron chi connectivity index (χ2n) is 7.43. The highest BCUT2D eigenvalue weighted by molar-refractivity contribution is 5.10. The molecule has 5 nitrogen and oxygen atoms in total. The summed E-state index contributed by atoms with van der Waals surface area (Å²) < 4.78 is 11.8. The molecule has 134 valence electrons. The highest BCUT2D eigenvalue weighted by Crippen LogP contribution is 2.19. The molecule has 3 rings (SSSR count). The van der Waals surface area contributed by atoms with Gasteiger partial charge in [-0.25, -0.2) is 4.98 Å². The normalized spacial score (nSPS) is 26.6. The first-order chi connectivity index (χ1) is 11.7. The average Bonchev–Trinajstić information content (AvgIpc) is 2.59. The first-order valence-electron chi connectivity index (χ1n) is 9.34. The lowest BCUT2D eigenvalue weighted by molar-refractivity contribution is -0.0120. The number of likely N-dealkylation sites (tertiary alicyclic amines) is 1. The molecule has 2 saturated heterocycles. The number of aromatic nitrogens is 1. The zero-order valence-electron chi connectivity index (χ0n) is 15.0. The van der Waals surface area contributed by atoms with E-state index >= 15 is 0 Å². The molecule has 1 aromatic heterocycles. The predicted octanol–water partition coefficient (Wildman–Crippen LogP) is 2.33. The van der Waals surface area contributed by atoms with E-state index in [4.69, 9.17) is 9.47 Å². The van der Waals surface area contributed by atoms with E-state index in [-0.39, 0.29) is 12.1 Å². The summed E-state index contributed by atoms with van der Waals surface area (Å²) in [7, 11) is 0. The van der Waals surface area contributed by atoms with Gasteiger partial charge < -0.3 is 19.7 Å². The summed E-state index contributed by atoms with van der Waals surface area (Å²) in [5.74, 6) is 1.46.